The van der Waals surface area contributed by atoms with E-state index in [0.717, 1.165) is 0 Å². The first-order valence-electron chi connectivity index (χ1n) is 2.79. The molecular weight excluding hydrogens is 114 g/mol. The lowest BCUT2D eigenvalue weighted by Gasteiger charge is -2.01. The van der Waals surface area contributed by atoms with Gasteiger partial charge in [0.25, 0.3) is 0 Å². The van der Waals surface area contributed by atoms with Crippen molar-refractivity contribution < 1.29 is 0 Å². The molecule has 0 spiro atoms. The Balaban J connectivity index is 3.47. The molecule has 0 radical (unpaired) electrons. The first-order valence-corrected chi connectivity index (χ1v) is 2.79. The fraction of sp³-hybridized carbons (Fsp3) is 0.667. The molecule has 3 heteroatoms. The van der Waals surface area contributed by atoms with Gasteiger partial charge in [-0.15, -0.1) is 0 Å². The molecule has 0 aliphatic rings. The Bertz CT molecular complexity index is 123. The van der Waals surface area contributed by atoms with E-state index >= 15 is 0 Å². The van der Waals surface area contributed by atoms with Crippen molar-refractivity contribution >= 4 is 0 Å². The molecule has 0 heterocycles. The number of nitrogens with two attached hydrogens (primary N) is 1. The quantitative estimate of drug-likeness (QED) is 0.589. The molecule has 0 fully saturated rings. The molecule has 0 aromatic carbocycles. The van der Waals surface area contributed by atoms with Gasteiger partial charge in [0.15, 0.2) is 0 Å². The molecule has 2 N–H and O–H groups in total. The van der Waals surface area contributed by atoms with E-state index in [1.165, 1.54) is 0 Å². The van der Waals surface area contributed by atoms with Crippen LogP contribution in [0.2, 0.25) is 0 Å². The van der Waals surface area contributed by atoms with Gasteiger partial charge in [0.2, 0.25) is 0 Å². The predicted molar refractivity (Wildman–Crippen MR) is 33.0 cm³/mol. The molecule has 0 aromatic rings. The minimum atomic E-state index is 0.0694. The first-order chi connectivity index (χ1) is 4.35. The molecule has 0 rings (SSSR count). The van der Waals surface area contributed by atoms with Crippen LogP contribution in [-0.2, 0) is 0 Å². The van der Waals surface area contributed by atoms with E-state index in [9.17, 15) is 0 Å². The highest BCUT2D eigenvalue weighted by atomic mass is 14.5. The predicted octanol–water partition coefficient (Wildman–Crippen LogP) is 0.389. The van der Waals surface area contributed by atoms with Crippen molar-refractivity contribution in [2.45, 2.75) is 12.8 Å². The summed E-state index contributed by atoms with van der Waals surface area (Å²) < 4.78 is 0. The zero-order valence-corrected chi connectivity index (χ0v) is 5.17. The zero-order valence-electron chi connectivity index (χ0n) is 5.17. The monoisotopic (exact) mass is 123 g/mol. The Labute approximate surface area is 54.7 Å². The van der Waals surface area contributed by atoms with Gasteiger partial charge >= 0.3 is 0 Å². The van der Waals surface area contributed by atoms with Gasteiger partial charge in [-0.1, -0.05) is 0 Å². The van der Waals surface area contributed by atoms with Gasteiger partial charge in [0.05, 0.1) is 12.1 Å². The molecule has 0 atom stereocenters. The van der Waals surface area contributed by atoms with Crippen LogP contribution in [0.3, 0.4) is 0 Å². The van der Waals surface area contributed by atoms with Gasteiger partial charge in [-0.2, -0.15) is 10.5 Å². The standard InChI is InChI=1S/C6H9N3/c7-3-1-6(5-9)2-4-8/h6H,1-2,5,9H2. The third kappa shape index (κ3) is 3.52. The minimum Gasteiger partial charge on any atom is -0.330 e. The molecule has 9 heavy (non-hydrogen) atoms. The Morgan fingerprint density at radius 1 is 1.22 bits per heavy atom. The number of hydrogen-bond donors (Lipinski definition) is 1. The van der Waals surface area contributed by atoms with Crippen molar-refractivity contribution in [3.05, 3.63) is 0 Å². The third-order valence-corrected chi connectivity index (χ3v) is 1.09. The molecule has 0 aromatic heterocycles. The topological polar surface area (TPSA) is 73.6 Å². The SMILES string of the molecule is N#CCC(CN)CC#N. The van der Waals surface area contributed by atoms with Crippen molar-refractivity contribution in [1.82, 2.24) is 0 Å². The fourth-order valence-electron chi connectivity index (χ4n) is 0.497. The maximum absolute atomic E-state index is 8.18. The highest BCUT2D eigenvalue weighted by Crippen LogP contribution is 2.03. The molecule has 0 bridgehead atoms. The van der Waals surface area contributed by atoms with Crippen LogP contribution in [-0.4, -0.2) is 6.54 Å². The van der Waals surface area contributed by atoms with Crippen molar-refractivity contribution in [2.24, 2.45) is 11.7 Å². The smallest absolute Gasteiger partial charge is 0.0625 e. The largest absolute Gasteiger partial charge is 0.330 e. The molecule has 0 amide bonds. The molecule has 0 saturated heterocycles. The van der Waals surface area contributed by atoms with Crippen LogP contribution in [0.4, 0.5) is 0 Å². The normalized spacial score (nSPS) is 8.44. The summed E-state index contributed by atoms with van der Waals surface area (Å²) in [5.74, 6) is 0.0694. The van der Waals surface area contributed by atoms with E-state index < -0.39 is 0 Å². The lowest BCUT2D eigenvalue weighted by molar-refractivity contribution is 0.566. The summed E-state index contributed by atoms with van der Waals surface area (Å²) in [4.78, 5) is 0. The van der Waals surface area contributed by atoms with Gasteiger partial charge in [0, 0.05) is 12.8 Å². The van der Waals surface area contributed by atoms with E-state index in [4.69, 9.17) is 16.3 Å². The average molecular weight is 123 g/mol. The van der Waals surface area contributed by atoms with Crippen LogP contribution >= 0.6 is 0 Å². The van der Waals surface area contributed by atoms with E-state index in [1.807, 2.05) is 12.1 Å². The van der Waals surface area contributed by atoms with Gasteiger partial charge in [-0.05, 0) is 12.5 Å². The summed E-state index contributed by atoms with van der Waals surface area (Å²) in [5.41, 5.74) is 5.24. The Morgan fingerprint density at radius 2 is 1.67 bits per heavy atom. The zero-order chi connectivity index (χ0) is 7.11. The van der Waals surface area contributed by atoms with Gasteiger partial charge in [-0.25, -0.2) is 0 Å². The summed E-state index contributed by atoms with van der Waals surface area (Å²) in [5, 5.41) is 16.4. The van der Waals surface area contributed by atoms with Crippen molar-refractivity contribution in [2.75, 3.05) is 6.54 Å². The number of nitrogens with zero attached hydrogens (tertiary/aromatic N) is 2. The van der Waals surface area contributed by atoms with Crippen LogP contribution in [0.15, 0.2) is 0 Å². The molecule has 0 aliphatic carbocycles. The van der Waals surface area contributed by atoms with Crippen LogP contribution in [0.1, 0.15) is 12.8 Å². The Morgan fingerprint density at radius 3 is 1.89 bits per heavy atom. The second-order valence-electron chi connectivity index (χ2n) is 1.83. The summed E-state index contributed by atoms with van der Waals surface area (Å²) in [7, 11) is 0. The second kappa shape index (κ2) is 5.08. The van der Waals surface area contributed by atoms with Crippen molar-refractivity contribution in [1.29, 1.82) is 10.5 Å². The third-order valence-electron chi connectivity index (χ3n) is 1.09. The maximum atomic E-state index is 8.18. The molecule has 48 valence electrons. The highest BCUT2D eigenvalue weighted by molar-refractivity contribution is 4.83. The highest BCUT2D eigenvalue weighted by Gasteiger charge is 2.03. The average Bonchev–Trinajstić information content (AvgIpc) is 1.88. The lowest BCUT2D eigenvalue weighted by Crippen LogP contribution is -2.12. The Kier molecular flexibility index (Phi) is 4.49. The molecule has 3 nitrogen and oxygen atoms in total. The fourth-order valence-corrected chi connectivity index (χ4v) is 0.497. The van der Waals surface area contributed by atoms with Crippen molar-refractivity contribution in [3.63, 3.8) is 0 Å². The summed E-state index contributed by atoms with van der Waals surface area (Å²) >= 11 is 0. The van der Waals surface area contributed by atoms with Crippen molar-refractivity contribution in [3.8, 4) is 12.1 Å². The number of rotatable bonds is 3. The number of hydrogen-bond acceptors (Lipinski definition) is 3. The van der Waals surface area contributed by atoms with Crippen LogP contribution < -0.4 is 5.73 Å². The summed E-state index contributed by atoms with van der Waals surface area (Å²) in [6.07, 6.45) is 0.786. The molecule has 0 saturated carbocycles. The van der Waals surface area contributed by atoms with Gasteiger partial charge in [0.1, 0.15) is 0 Å². The Hall–Kier alpha value is -1.06. The molecular formula is C6H9N3. The summed E-state index contributed by atoms with van der Waals surface area (Å²) in [6, 6.07) is 3.94. The minimum absolute atomic E-state index is 0.0694. The van der Waals surface area contributed by atoms with E-state index in [-0.39, 0.29) is 5.92 Å². The molecule has 0 unspecified atom stereocenters. The van der Waals surface area contributed by atoms with E-state index in [2.05, 4.69) is 0 Å². The summed E-state index contributed by atoms with van der Waals surface area (Å²) in [6.45, 7) is 0.432. The second-order valence-corrected chi connectivity index (χ2v) is 1.83. The lowest BCUT2D eigenvalue weighted by atomic mass is 10.0. The number of nitriles is 2. The first kappa shape index (κ1) is 7.94. The van der Waals surface area contributed by atoms with Gasteiger partial charge in [-0.3, -0.25) is 0 Å². The van der Waals surface area contributed by atoms with E-state index in [1.54, 1.807) is 0 Å². The van der Waals surface area contributed by atoms with Crippen LogP contribution in [0.25, 0.3) is 0 Å². The van der Waals surface area contributed by atoms with Crippen LogP contribution in [0, 0.1) is 28.6 Å². The molecule has 0 aliphatic heterocycles. The maximum Gasteiger partial charge on any atom is 0.0625 e. The van der Waals surface area contributed by atoms with Crippen LogP contribution in [0.5, 0.6) is 0 Å². The van der Waals surface area contributed by atoms with Gasteiger partial charge < -0.3 is 5.73 Å². The van der Waals surface area contributed by atoms with E-state index in [0.29, 0.717) is 19.4 Å².